The monoisotopic (exact) mass is 340 g/mol. The first kappa shape index (κ1) is 16.7. The smallest absolute Gasteiger partial charge is 0.251 e. The number of benzene rings is 1. The van der Waals surface area contributed by atoms with Crippen LogP contribution in [0.1, 0.15) is 37.0 Å². The van der Waals surface area contributed by atoms with Gasteiger partial charge in [0.05, 0.1) is 0 Å². The van der Waals surface area contributed by atoms with Crippen molar-refractivity contribution in [3.63, 3.8) is 0 Å². The largest absolute Gasteiger partial charge is 0.356 e. The third-order valence-electron chi connectivity index (χ3n) is 2.79. The van der Waals surface area contributed by atoms with Gasteiger partial charge < -0.3 is 10.6 Å². The zero-order valence-electron chi connectivity index (χ0n) is 11.9. The number of carbonyl (C=O) groups is 2. The van der Waals surface area contributed by atoms with Crippen molar-refractivity contribution in [2.75, 3.05) is 13.1 Å². The molecule has 0 fully saturated rings. The van der Waals surface area contributed by atoms with E-state index >= 15 is 0 Å². The van der Waals surface area contributed by atoms with Gasteiger partial charge in [0.25, 0.3) is 5.91 Å². The number of hydrogen-bond donors (Lipinski definition) is 2. The molecule has 0 aromatic heterocycles. The highest BCUT2D eigenvalue weighted by Gasteiger charge is 2.06. The number of nitrogens with one attached hydrogen (secondary N) is 2. The molecule has 0 saturated carbocycles. The van der Waals surface area contributed by atoms with Gasteiger partial charge in [-0.2, -0.15) is 0 Å². The minimum absolute atomic E-state index is 0.0262. The van der Waals surface area contributed by atoms with E-state index in [4.69, 9.17) is 0 Å². The van der Waals surface area contributed by atoms with Crippen LogP contribution in [-0.4, -0.2) is 24.9 Å². The lowest BCUT2D eigenvalue weighted by Crippen LogP contribution is -2.31. The summed E-state index contributed by atoms with van der Waals surface area (Å²) in [6.45, 7) is 5.27. The Morgan fingerprint density at radius 1 is 1.10 bits per heavy atom. The summed E-state index contributed by atoms with van der Waals surface area (Å²) in [7, 11) is 0. The molecule has 0 heterocycles. The molecule has 0 spiro atoms. The van der Waals surface area contributed by atoms with Gasteiger partial charge in [0.2, 0.25) is 5.91 Å². The second kappa shape index (κ2) is 8.74. The van der Waals surface area contributed by atoms with Gasteiger partial charge in [-0.05, 0) is 36.6 Å². The standard InChI is InChI=1S/C15H21BrN2O2/c1-11(2)7-9-17-14(19)8-10-18-15(20)12-3-5-13(16)6-4-12/h3-6,11H,7-10H2,1-2H3,(H,17,19)(H,18,20). The van der Waals surface area contributed by atoms with Crippen molar-refractivity contribution in [2.45, 2.75) is 26.7 Å². The number of rotatable bonds is 7. The number of halogens is 1. The number of hydrogen-bond acceptors (Lipinski definition) is 2. The lowest BCUT2D eigenvalue weighted by atomic mass is 10.1. The summed E-state index contributed by atoms with van der Waals surface area (Å²) in [4.78, 5) is 23.3. The molecule has 0 unspecified atom stereocenters. The van der Waals surface area contributed by atoms with Crippen LogP contribution in [0, 0.1) is 5.92 Å². The fourth-order valence-electron chi connectivity index (χ4n) is 1.58. The maximum atomic E-state index is 11.8. The molecule has 4 nitrogen and oxygen atoms in total. The van der Waals surface area contributed by atoms with E-state index < -0.39 is 0 Å². The molecule has 0 aliphatic rings. The summed E-state index contributed by atoms with van der Waals surface area (Å²) < 4.78 is 0.929. The van der Waals surface area contributed by atoms with Gasteiger partial charge in [-0.25, -0.2) is 0 Å². The zero-order valence-corrected chi connectivity index (χ0v) is 13.5. The molecule has 2 amide bonds. The molecule has 0 aliphatic carbocycles. The van der Waals surface area contributed by atoms with E-state index in [1.165, 1.54) is 0 Å². The molecule has 5 heteroatoms. The summed E-state index contributed by atoms with van der Waals surface area (Å²) in [5.41, 5.74) is 0.591. The fourth-order valence-corrected chi connectivity index (χ4v) is 1.85. The predicted molar refractivity (Wildman–Crippen MR) is 83.6 cm³/mol. The molecule has 0 saturated heterocycles. The maximum Gasteiger partial charge on any atom is 0.251 e. The summed E-state index contributed by atoms with van der Waals surface area (Å²) >= 11 is 3.32. The van der Waals surface area contributed by atoms with Crippen molar-refractivity contribution in [2.24, 2.45) is 5.92 Å². The van der Waals surface area contributed by atoms with Crippen LogP contribution in [0.5, 0.6) is 0 Å². The third kappa shape index (κ3) is 6.70. The van der Waals surface area contributed by atoms with E-state index in [-0.39, 0.29) is 11.8 Å². The normalized spacial score (nSPS) is 10.4. The van der Waals surface area contributed by atoms with Crippen LogP contribution in [0.15, 0.2) is 28.7 Å². The minimum atomic E-state index is -0.160. The molecular formula is C15H21BrN2O2. The number of amides is 2. The van der Waals surface area contributed by atoms with Crippen LogP contribution in [0.4, 0.5) is 0 Å². The van der Waals surface area contributed by atoms with Crippen LogP contribution >= 0.6 is 15.9 Å². The van der Waals surface area contributed by atoms with Gasteiger partial charge in [0.1, 0.15) is 0 Å². The van der Waals surface area contributed by atoms with Crippen LogP contribution in [-0.2, 0) is 4.79 Å². The molecule has 110 valence electrons. The highest BCUT2D eigenvalue weighted by atomic mass is 79.9. The summed E-state index contributed by atoms with van der Waals surface area (Å²) in [5.74, 6) is 0.390. The fraction of sp³-hybridized carbons (Fsp3) is 0.467. The lowest BCUT2D eigenvalue weighted by molar-refractivity contribution is -0.120. The SMILES string of the molecule is CC(C)CCNC(=O)CCNC(=O)c1ccc(Br)cc1. The van der Waals surface area contributed by atoms with Gasteiger partial charge in [-0.3, -0.25) is 9.59 Å². The molecule has 1 aromatic rings. The number of carbonyl (C=O) groups excluding carboxylic acids is 2. The van der Waals surface area contributed by atoms with Crippen molar-refractivity contribution in [1.29, 1.82) is 0 Å². The van der Waals surface area contributed by atoms with Crippen LogP contribution in [0.2, 0.25) is 0 Å². The van der Waals surface area contributed by atoms with Crippen molar-refractivity contribution in [3.8, 4) is 0 Å². The molecule has 0 aliphatic heterocycles. The van der Waals surface area contributed by atoms with Crippen LogP contribution in [0.25, 0.3) is 0 Å². The predicted octanol–water partition coefficient (Wildman–Crippen LogP) is 2.73. The van der Waals surface area contributed by atoms with Gasteiger partial charge in [0.15, 0.2) is 0 Å². The molecule has 0 bridgehead atoms. The summed E-state index contributed by atoms with van der Waals surface area (Å²) in [6.07, 6.45) is 1.28. The molecule has 20 heavy (non-hydrogen) atoms. The Balaban J connectivity index is 2.21. The van der Waals surface area contributed by atoms with Gasteiger partial charge in [-0.15, -0.1) is 0 Å². The van der Waals surface area contributed by atoms with E-state index in [9.17, 15) is 9.59 Å². The Hall–Kier alpha value is -1.36. The van der Waals surface area contributed by atoms with E-state index in [0.29, 0.717) is 31.0 Å². The Kier molecular flexibility index (Phi) is 7.30. The van der Waals surface area contributed by atoms with E-state index in [2.05, 4.69) is 40.4 Å². The zero-order chi connectivity index (χ0) is 15.0. The quantitative estimate of drug-likeness (QED) is 0.801. The van der Waals surface area contributed by atoms with E-state index in [1.807, 2.05) is 12.1 Å². The topological polar surface area (TPSA) is 58.2 Å². The Labute approximate surface area is 128 Å². The van der Waals surface area contributed by atoms with Crippen molar-refractivity contribution in [3.05, 3.63) is 34.3 Å². The summed E-state index contributed by atoms with van der Waals surface area (Å²) in [5, 5.41) is 5.57. The highest BCUT2D eigenvalue weighted by molar-refractivity contribution is 9.10. The summed E-state index contributed by atoms with van der Waals surface area (Å²) in [6, 6.07) is 7.10. The Morgan fingerprint density at radius 2 is 1.75 bits per heavy atom. The van der Waals surface area contributed by atoms with Gasteiger partial charge >= 0.3 is 0 Å². The first-order chi connectivity index (χ1) is 9.49. The van der Waals surface area contributed by atoms with Crippen LogP contribution in [0.3, 0.4) is 0 Å². The molecule has 1 aromatic carbocycles. The molecule has 0 radical (unpaired) electrons. The molecule has 1 rings (SSSR count). The Bertz CT molecular complexity index is 444. The van der Waals surface area contributed by atoms with Crippen molar-refractivity contribution < 1.29 is 9.59 Å². The van der Waals surface area contributed by atoms with E-state index in [1.54, 1.807) is 12.1 Å². The molecular weight excluding hydrogens is 320 g/mol. The van der Waals surface area contributed by atoms with Crippen LogP contribution < -0.4 is 10.6 Å². The average molecular weight is 341 g/mol. The van der Waals surface area contributed by atoms with Crippen molar-refractivity contribution in [1.82, 2.24) is 10.6 Å². The first-order valence-corrected chi connectivity index (χ1v) is 7.59. The van der Waals surface area contributed by atoms with Gasteiger partial charge in [-0.1, -0.05) is 29.8 Å². The third-order valence-corrected chi connectivity index (χ3v) is 3.32. The van der Waals surface area contributed by atoms with E-state index in [0.717, 1.165) is 10.9 Å². The van der Waals surface area contributed by atoms with Crippen molar-refractivity contribution >= 4 is 27.7 Å². The second-order valence-corrected chi connectivity index (χ2v) is 5.96. The highest BCUT2D eigenvalue weighted by Crippen LogP contribution is 2.10. The molecule has 0 atom stereocenters. The van der Waals surface area contributed by atoms with Gasteiger partial charge in [0, 0.05) is 29.5 Å². The minimum Gasteiger partial charge on any atom is -0.356 e. The first-order valence-electron chi connectivity index (χ1n) is 6.79. The lowest BCUT2D eigenvalue weighted by Gasteiger charge is -2.08. The Morgan fingerprint density at radius 3 is 2.35 bits per heavy atom. The average Bonchev–Trinajstić information content (AvgIpc) is 2.39. The maximum absolute atomic E-state index is 11.8. The molecule has 2 N–H and O–H groups in total. The second-order valence-electron chi connectivity index (χ2n) is 5.05.